The Labute approximate surface area is 131 Å². The number of hydrogen-bond acceptors (Lipinski definition) is 4. The Morgan fingerprint density at radius 1 is 1.36 bits per heavy atom. The standard InChI is InChI=1S/C16H25N3O3/c1-13(17-7-2-10-20)16(21)18-14-3-5-15(6-4-14)19-8-11-22-12-9-19/h3-6,13,17,20H,2,7-12H2,1H3,(H,18,21)/p+1/t13-/m0/s1. The molecule has 1 fully saturated rings. The van der Waals surface area contributed by atoms with E-state index >= 15 is 0 Å². The van der Waals surface area contributed by atoms with Crippen LogP contribution in [0.15, 0.2) is 24.3 Å². The molecule has 0 bridgehead atoms. The molecule has 1 aromatic rings. The average molecular weight is 308 g/mol. The van der Waals surface area contributed by atoms with E-state index in [1.54, 1.807) is 0 Å². The number of rotatable bonds is 7. The first kappa shape index (κ1) is 16.7. The van der Waals surface area contributed by atoms with Crippen molar-refractivity contribution in [1.82, 2.24) is 0 Å². The molecule has 6 heteroatoms. The van der Waals surface area contributed by atoms with E-state index in [1.165, 1.54) is 0 Å². The summed E-state index contributed by atoms with van der Waals surface area (Å²) in [6.45, 7) is 6.12. The van der Waals surface area contributed by atoms with Crippen LogP contribution in [0, 0.1) is 0 Å². The average Bonchev–Trinajstić information content (AvgIpc) is 2.56. The summed E-state index contributed by atoms with van der Waals surface area (Å²) in [4.78, 5) is 14.3. The highest BCUT2D eigenvalue weighted by molar-refractivity contribution is 5.93. The number of hydrogen-bond donors (Lipinski definition) is 3. The molecule has 1 aromatic carbocycles. The summed E-state index contributed by atoms with van der Waals surface area (Å²) in [5.74, 6) is -0.0166. The number of morpholine rings is 1. The van der Waals surface area contributed by atoms with Gasteiger partial charge in [-0.05, 0) is 31.2 Å². The summed E-state index contributed by atoms with van der Waals surface area (Å²) in [7, 11) is 0. The first-order valence-corrected chi connectivity index (χ1v) is 7.88. The van der Waals surface area contributed by atoms with Crippen LogP contribution in [0.2, 0.25) is 0 Å². The number of nitrogens with one attached hydrogen (secondary N) is 1. The zero-order chi connectivity index (χ0) is 15.8. The molecule has 0 aliphatic carbocycles. The molecule has 1 heterocycles. The number of amides is 1. The van der Waals surface area contributed by atoms with Crippen molar-refractivity contribution in [3.63, 3.8) is 0 Å². The fourth-order valence-electron chi connectivity index (χ4n) is 2.40. The van der Waals surface area contributed by atoms with Gasteiger partial charge in [0.05, 0.1) is 19.8 Å². The predicted molar refractivity (Wildman–Crippen MR) is 86.1 cm³/mol. The summed E-state index contributed by atoms with van der Waals surface area (Å²) >= 11 is 0. The Morgan fingerprint density at radius 3 is 2.68 bits per heavy atom. The van der Waals surface area contributed by atoms with Gasteiger partial charge in [0.1, 0.15) is 0 Å². The number of anilines is 2. The molecular formula is C16H26N3O3+. The molecule has 2 rings (SSSR count). The van der Waals surface area contributed by atoms with Gasteiger partial charge in [0.2, 0.25) is 0 Å². The van der Waals surface area contributed by atoms with Gasteiger partial charge in [-0.25, -0.2) is 0 Å². The number of aliphatic hydroxyl groups is 1. The quantitative estimate of drug-likeness (QED) is 0.610. The van der Waals surface area contributed by atoms with Crippen LogP contribution >= 0.6 is 0 Å². The van der Waals surface area contributed by atoms with Gasteiger partial charge in [0.15, 0.2) is 6.04 Å². The SMILES string of the molecule is C[C@H]([NH2+]CCCO)C(=O)Nc1ccc(N2CCOCC2)cc1. The van der Waals surface area contributed by atoms with Gasteiger partial charge in [-0.2, -0.15) is 0 Å². The minimum absolute atomic E-state index is 0.0166. The minimum atomic E-state index is -0.162. The lowest BCUT2D eigenvalue weighted by Gasteiger charge is -2.28. The Hall–Kier alpha value is -1.63. The van der Waals surface area contributed by atoms with E-state index in [0.29, 0.717) is 6.42 Å². The third-order valence-electron chi connectivity index (χ3n) is 3.81. The van der Waals surface area contributed by atoms with Gasteiger partial charge >= 0.3 is 0 Å². The third-order valence-corrected chi connectivity index (χ3v) is 3.81. The first-order chi connectivity index (χ1) is 10.7. The van der Waals surface area contributed by atoms with Gasteiger partial charge in [-0.1, -0.05) is 0 Å². The molecule has 122 valence electrons. The van der Waals surface area contributed by atoms with Gasteiger partial charge in [-0.15, -0.1) is 0 Å². The fourth-order valence-corrected chi connectivity index (χ4v) is 2.40. The van der Waals surface area contributed by atoms with E-state index in [-0.39, 0.29) is 18.6 Å². The summed E-state index contributed by atoms with van der Waals surface area (Å²) in [6.07, 6.45) is 0.700. The molecule has 1 atom stereocenters. The summed E-state index contributed by atoms with van der Waals surface area (Å²) in [6, 6.07) is 7.76. The van der Waals surface area contributed by atoms with E-state index in [2.05, 4.69) is 10.2 Å². The van der Waals surface area contributed by atoms with Gasteiger partial charge < -0.3 is 25.4 Å². The molecule has 1 saturated heterocycles. The fraction of sp³-hybridized carbons (Fsp3) is 0.562. The molecule has 0 radical (unpaired) electrons. The molecule has 0 aromatic heterocycles. The van der Waals surface area contributed by atoms with Crippen molar-refractivity contribution in [2.45, 2.75) is 19.4 Å². The smallest absolute Gasteiger partial charge is 0.282 e. The maximum atomic E-state index is 12.1. The molecule has 1 aliphatic rings. The van der Waals surface area contributed by atoms with E-state index in [4.69, 9.17) is 9.84 Å². The van der Waals surface area contributed by atoms with Gasteiger partial charge in [0, 0.05) is 37.5 Å². The van der Waals surface area contributed by atoms with Crippen molar-refractivity contribution in [2.75, 3.05) is 49.7 Å². The lowest BCUT2D eigenvalue weighted by atomic mass is 10.2. The highest BCUT2D eigenvalue weighted by atomic mass is 16.5. The number of quaternary nitrogens is 1. The molecule has 1 aliphatic heterocycles. The van der Waals surface area contributed by atoms with Crippen LogP contribution in [0.5, 0.6) is 0 Å². The number of aliphatic hydroxyl groups excluding tert-OH is 1. The predicted octanol–water partition coefficient (Wildman–Crippen LogP) is -0.204. The van der Waals surface area contributed by atoms with Crippen molar-refractivity contribution in [2.24, 2.45) is 0 Å². The van der Waals surface area contributed by atoms with Crippen LogP contribution in [0.3, 0.4) is 0 Å². The molecule has 0 saturated carbocycles. The first-order valence-electron chi connectivity index (χ1n) is 7.88. The lowest BCUT2D eigenvalue weighted by Crippen LogP contribution is -2.91. The third kappa shape index (κ3) is 4.98. The van der Waals surface area contributed by atoms with Crippen molar-refractivity contribution in [3.8, 4) is 0 Å². The molecule has 0 unspecified atom stereocenters. The van der Waals surface area contributed by atoms with E-state index in [9.17, 15) is 4.79 Å². The van der Waals surface area contributed by atoms with Crippen molar-refractivity contribution < 1.29 is 20.0 Å². The number of nitrogens with two attached hydrogens (primary N) is 1. The number of benzene rings is 1. The number of ether oxygens (including phenoxy) is 1. The lowest BCUT2D eigenvalue weighted by molar-refractivity contribution is -0.673. The maximum absolute atomic E-state index is 12.1. The van der Waals surface area contributed by atoms with E-state index in [0.717, 1.165) is 44.2 Å². The van der Waals surface area contributed by atoms with Crippen molar-refractivity contribution in [1.29, 1.82) is 0 Å². The number of carbonyl (C=O) groups is 1. The van der Waals surface area contributed by atoms with Crippen LogP contribution in [0.4, 0.5) is 11.4 Å². The monoisotopic (exact) mass is 308 g/mol. The second-order valence-corrected chi connectivity index (χ2v) is 5.53. The Kier molecular flexibility index (Phi) is 6.64. The van der Waals surface area contributed by atoms with Crippen molar-refractivity contribution >= 4 is 17.3 Å². The highest BCUT2D eigenvalue weighted by Gasteiger charge is 2.16. The normalized spacial score (nSPS) is 16.4. The Morgan fingerprint density at radius 2 is 2.05 bits per heavy atom. The summed E-state index contributed by atoms with van der Waals surface area (Å²) < 4.78 is 5.35. The van der Waals surface area contributed by atoms with E-state index < -0.39 is 0 Å². The largest absolute Gasteiger partial charge is 0.396 e. The van der Waals surface area contributed by atoms with Crippen LogP contribution in [-0.4, -0.2) is 56.5 Å². The van der Waals surface area contributed by atoms with Gasteiger partial charge in [-0.3, -0.25) is 4.79 Å². The Balaban J connectivity index is 1.83. The molecule has 22 heavy (non-hydrogen) atoms. The van der Waals surface area contributed by atoms with E-state index in [1.807, 2.05) is 36.5 Å². The Bertz CT molecular complexity index is 458. The molecule has 1 amide bonds. The topological polar surface area (TPSA) is 78.4 Å². The van der Waals surface area contributed by atoms with Gasteiger partial charge in [0.25, 0.3) is 5.91 Å². The van der Waals surface area contributed by atoms with Crippen LogP contribution < -0.4 is 15.5 Å². The second-order valence-electron chi connectivity index (χ2n) is 5.53. The zero-order valence-corrected chi connectivity index (χ0v) is 13.1. The summed E-state index contributed by atoms with van der Waals surface area (Å²) in [5, 5.41) is 13.6. The molecule has 4 N–H and O–H groups in total. The van der Waals surface area contributed by atoms with Crippen molar-refractivity contribution in [3.05, 3.63) is 24.3 Å². The summed E-state index contributed by atoms with van der Waals surface area (Å²) in [5.41, 5.74) is 1.97. The second kappa shape index (κ2) is 8.73. The number of carbonyl (C=O) groups excluding carboxylic acids is 1. The zero-order valence-electron chi connectivity index (χ0n) is 13.1. The highest BCUT2D eigenvalue weighted by Crippen LogP contribution is 2.18. The van der Waals surface area contributed by atoms with Crippen LogP contribution in [0.25, 0.3) is 0 Å². The van der Waals surface area contributed by atoms with Crippen LogP contribution in [-0.2, 0) is 9.53 Å². The minimum Gasteiger partial charge on any atom is -0.396 e. The molecular weight excluding hydrogens is 282 g/mol. The molecule has 0 spiro atoms. The van der Waals surface area contributed by atoms with Crippen LogP contribution in [0.1, 0.15) is 13.3 Å². The molecule has 6 nitrogen and oxygen atoms in total. The maximum Gasteiger partial charge on any atom is 0.282 e. The number of nitrogens with zero attached hydrogens (tertiary/aromatic N) is 1.